The number of carbonyl (C=O) groups is 3. The minimum absolute atomic E-state index is 0.259. The summed E-state index contributed by atoms with van der Waals surface area (Å²) in [4.78, 5) is 39.4. The highest BCUT2D eigenvalue weighted by atomic mass is 16.4. The average Bonchev–Trinajstić information content (AvgIpc) is 2.71. The molecule has 0 rings (SSSR count). The van der Waals surface area contributed by atoms with Crippen molar-refractivity contribution in [3.63, 3.8) is 0 Å². The summed E-state index contributed by atoms with van der Waals surface area (Å²) >= 11 is 0. The van der Waals surface area contributed by atoms with Gasteiger partial charge < -0.3 is 20.4 Å². The van der Waals surface area contributed by atoms with Crippen LogP contribution >= 0.6 is 0 Å². The molecule has 0 bridgehead atoms. The molecule has 0 aliphatic rings. The van der Waals surface area contributed by atoms with Crippen LogP contribution in [0.5, 0.6) is 0 Å². The van der Waals surface area contributed by atoms with Gasteiger partial charge in [-0.05, 0) is 54.8 Å². The number of rotatable bonds is 17. The zero-order valence-electron chi connectivity index (χ0n) is 22.8. The van der Waals surface area contributed by atoms with Gasteiger partial charge in [0.15, 0.2) is 5.60 Å². The van der Waals surface area contributed by atoms with Crippen molar-refractivity contribution in [2.24, 2.45) is 46.8 Å². The van der Waals surface area contributed by atoms with Gasteiger partial charge in [0.25, 0.3) is 0 Å². The summed E-state index contributed by atoms with van der Waals surface area (Å²) in [6.45, 7) is 16.6. The summed E-state index contributed by atoms with van der Waals surface area (Å²) in [5.74, 6) is -9.38. The van der Waals surface area contributed by atoms with E-state index in [1.54, 1.807) is 13.8 Å². The molecule has 0 aliphatic heterocycles. The van der Waals surface area contributed by atoms with Crippen molar-refractivity contribution in [3.05, 3.63) is 0 Å². The van der Waals surface area contributed by atoms with Gasteiger partial charge in [0, 0.05) is 0 Å². The third kappa shape index (κ3) is 5.95. The van der Waals surface area contributed by atoms with Crippen LogP contribution in [-0.4, -0.2) is 43.9 Å². The fraction of sp³-hybridized carbons (Fsp3) is 0.889. The Morgan fingerprint density at radius 3 is 1.24 bits per heavy atom. The number of aliphatic hydroxyl groups is 1. The highest BCUT2D eigenvalue weighted by molar-refractivity contribution is 5.94. The first-order valence-electron chi connectivity index (χ1n) is 13.1. The molecule has 0 radical (unpaired) electrons. The van der Waals surface area contributed by atoms with Crippen molar-refractivity contribution in [1.29, 1.82) is 0 Å². The Bertz CT molecular complexity index is 652. The lowest BCUT2D eigenvalue weighted by Crippen LogP contribution is -2.71. The van der Waals surface area contributed by atoms with E-state index in [0.717, 1.165) is 0 Å². The minimum Gasteiger partial charge on any atom is -0.481 e. The van der Waals surface area contributed by atoms with Crippen molar-refractivity contribution in [3.8, 4) is 0 Å². The molecule has 0 spiro atoms. The zero-order valence-corrected chi connectivity index (χ0v) is 22.8. The van der Waals surface area contributed by atoms with E-state index in [-0.39, 0.29) is 17.8 Å². The summed E-state index contributed by atoms with van der Waals surface area (Å²) in [6.07, 6.45) is 2.89. The van der Waals surface area contributed by atoms with Gasteiger partial charge in [0.2, 0.25) is 0 Å². The smallest absolute Gasteiger partial charge is 0.337 e. The molecule has 0 saturated heterocycles. The predicted molar refractivity (Wildman–Crippen MR) is 133 cm³/mol. The average molecular weight is 487 g/mol. The first kappa shape index (κ1) is 32.4. The van der Waals surface area contributed by atoms with E-state index in [1.165, 1.54) is 0 Å². The number of hydrogen-bond acceptors (Lipinski definition) is 4. The topological polar surface area (TPSA) is 132 Å². The summed E-state index contributed by atoms with van der Waals surface area (Å²) in [5.41, 5.74) is -5.18. The van der Waals surface area contributed by atoms with Gasteiger partial charge in [-0.15, -0.1) is 0 Å². The number of carboxylic acid groups (broad SMARTS) is 3. The molecule has 7 heteroatoms. The second kappa shape index (κ2) is 13.5. The normalized spacial score (nSPS) is 19.3. The van der Waals surface area contributed by atoms with E-state index < -0.39 is 52.6 Å². The molecule has 0 aliphatic carbocycles. The molecule has 7 nitrogen and oxygen atoms in total. The van der Waals surface area contributed by atoms with Crippen molar-refractivity contribution in [2.45, 2.75) is 106 Å². The Morgan fingerprint density at radius 1 is 0.647 bits per heavy atom. The van der Waals surface area contributed by atoms with E-state index in [1.807, 2.05) is 48.5 Å². The van der Waals surface area contributed by atoms with Crippen molar-refractivity contribution in [2.75, 3.05) is 0 Å². The molecular formula is C27H50O7. The lowest BCUT2D eigenvalue weighted by molar-refractivity contribution is -0.235. The molecule has 0 amide bonds. The molecule has 0 aromatic carbocycles. The molecule has 0 heterocycles. The van der Waals surface area contributed by atoms with Crippen molar-refractivity contribution in [1.82, 2.24) is 0 Å². The van der Waals surface area contributed by atoms with Crippen LogP contribution in [0.4, 0.5) is 0 Å². The number of aliphatic carboxylic acids is 3. The fourth-order valence-electron chi connectivity index (χ4n) is 6.57. The van der Waals surface area contributed by atoms with Gasteiger partial charge in [-0.1, -0.05) is 81.6 Å². The molecule has 34 heavy (non-hydrogen) atoms. The van der Waals surface area contributed by atoms with Crippen molar-refractivity contribution < 1.29 is 34.8 Å². The lowest BCUT2D eigenvalue weighted by atomic mass is 9.46. The van der Waals surface area contributed by atoms with Crippen LogP contribution in [0.1, 0.15) is 101 Å². The summed E-state index contributed by atoms with van der Waals surface area (Å²) in [5, 5.41) is 44.4. The quantitative estimate of drug-likeness (QED) is 0.204. The van der Waals surface area contributed by atoms with Gasteiger partial charge in [0.1, 0.15) is 11.3 Å². The standard InChI is InChI=1S/C27H50O7/c1-10-13-19(16(4)5)22(23(28)29)27(34,25(32)33)26(24(30)31,20(14-11-2)17(6)7)21(15-12-3)18(8)9/h16-22,34H,10-15H2,1-9H3,(H,28,29)(H,30,31)(H,32,33). The Labute approximate surface area is 206 Å². The molecule has 5 unspecified atom stereocenters. The third-order valence-corrected chi connectivity index (χ3v) is 7.91. The van der Waals surface area contributed by atoms with Crippen LogP contribution in [0.2, 0.25) is 0 Å². The molecule has 0 saturated carbocycles. The van der Waals surface area contributed by atoms with Crippen LogP contribution in [0, 0.1) is 46.8 Å². The summed E-state index contributed by atoms with van der Waals surface area (Å²) in [6, 6.07) is 0. The van der Waals surface area contributed by atoms with Gasteiger partial charge in [-0.3, -0.25) is 9.59 Å². The first-order chi connectivity index (χ1) is 15.6. The monoisotopic (exact) mass is 486 g/mol. The number of carboxylic acids is 3. The van der Waals surface area contributed by atoms with E-state index in [9.17, 15) is 34.8 Å². The molecule has 200 valence electrons. The second-order valence-corrected chi connectivity index (χ2v) is 11.0. The molecule has 5 atom stereocenters. The third-order valence-electron chi connectivity index (χ3n) is 7.91. The van der Waals surface area contributed by atoms with Crippen LogP contribution in [-0.2, 0) is 14.4 Å². The predicted octanol–water partition coefficient (Wildman–Crippen LogP) is 5.79. The summed E-state index contributed by atoms with van der Waals surface area (Å²) < 4.78 is 0. The van der Waals surface area contributed by atoms with Crippen LogP contribution in [0.15, 0.2) is 0 Å². The molecule has 0 aromatic rings. The van der Waals surface area contributed by atoms with Gasteiger partial charge in [0.05, 0.1) is 0 Å². The van der Waals surface area contributed by atoms with Gasteiger partial charge >= 0.3 is 17.9 Å². The van der Waals surface area contributed by atoms with E-state index in [4.69, 9.17) is 0 Å². The molecule has 4 N–H and O–H groups in total. The SMILES string of the molecule is CCCC(C(C)C)C(C(=O)O)C(O)(C(=O)O)C(C(=O)O)(C(CCC)C(C)C)C(CCC)C(C)C. The zero-order chi connectivity index (χ0) is 27.0. The Hall–Kier alpha value is -1.63. The van der Waals surface area contributed by atoms with E-state index >= 15 is 0 Å². The van der Waals surface area contributed by atoms with Crippen LogP contribution in [0.3, 0.4) is 0 Å². The maximum atomic E-state index is 13.5. The maximum Gasteiger partial charge on any atom is 0.337 e. The highest BCUT2D eigenvalue weighted by Crippen LogP contribution is 2.58. The highest BCUT2D eigenvalue weighted by Gasteiger charge is 2.73. The fourth-order valence-corrected chi connectivity index (χ4v) is 6.57. The molecule has 0 fully saturated rings. The summed E-state index contributed by atoms with van der Waals surface area (Å²) in [7, 11) is 0. The van der Waals surface area contributed by atoms with Crippen molar-refractivity contribution >= 4 is 17.9 Å². The molecule has 0 aromatic heterocycles. The van der Waals surface area contributed by atoms with Crippen LogP contribution < -0.4 is 0 Å². The van der Waals surface area contributed by atoms with Gasteiger partial charge in [-0.2, -0.15) is 0 Å². The Balaban J connectivity index is 7.97. The van der Waals surface area contributed by atoms with Gasteiger partial charge in [-0.25, -0.2) is 4.79 Å². The van der Waals surface area contributed by atoms with Crippen LogP contribution in [0.25, 0.3) is 0 Å². The molecular weight excluding hydrogens is 436 g/mol. The number of hydrogen-bond donors (Lipinski definition) is 4. The Kier molecular flexibility index (Phi) is 12.8. The van der Waals surface area contributed by atoms with E-state index in [0.29, 0.717) is 38.5 Å². The largest absolute Gasteiger partial charge is 0.481 e. The van der Waals surface area contributed by atoms with E-state index in [2.05, 4.69) is 0 Å². The second-order valence-electron chi connectivity index (χ2n) is 11.0. The lowest BCUT2D eigenvalue weighted by Gasteiger charge is -2.56. The minimum atomic E-state index is -3.00. The maximum absolute atomic E-state index is 13.5. The first-order valence-corrected chi connectivity index (χ1v) is 13.1. The Morgan fingerprint density at radius 2 is 1.03 bits per heavy atom.